The van der Waals surface area contributed by atoms with Gasteiger partial charge in [0, 0.05) is 5.56 Å². The Morgan fingerprint density at radius 3 is 2.85 bits per heavy atom. The van der Waals surface area contributed by atoms with Crippen molar-refractivity contribution < 1.29 is 8.91 Å². The Bertz CT molecular complexity index is 781. The molecule has 3 aromatic rings. The lowest BCUT2D eigenvalue weighted by atomic mass is 10.0. The van der Waals surface area contributed by atoms with Gasteiger partial charge in [-0.2, -0.15) is 0 Å². The van der Waals surface area contributed by atoms with Crippen molar-refractivity contribution in [1.29, 1.82) is 0 Å². The first-order valence-electron chi connectivity index (χ1n) is 5.83. The van der Waals surface area contributed by atoms with E-state index in [4.69, 9.17) is 21.9 Å². The van der Waals surface area contributed by atoms with Gasteiger partial charge in [-0.1, -0.05) is 28.9 Å². The van der Waals surface area contributed by atoms with Gasteiger partial charge in [-0.05, 0) is 30.0 Å². The van der Waals surface area contributed by atoms with Gasteiger partial charge in [0.1, 0.15) is 11.5 Å². The van der Waals surface area contributed by atoms with Crippen molar-refractivity contribution in [3.8, 4) is 21.7 Å². The molecule has 3 rings (SSSR count). The van der Waals surface area contributed by atoms with Crippen LogP contribution in [0, 0.1) is 12.7 Å². The molecule has 0 saturated heterocycles. The summed E-state index contributed by atoms with van der Waals surface area (Å²) in [5, 5.41) is 5.94. The molecule has 0 atom stereocenters. The molecule has 0 bridgehead atoms. The number of anilines is 1. The lowest BCUT2D eigenvalue weighted by Crippen LogP contribution is -1.91. The predicted octanol–water partition coefficient (Wildman–Crippen LogP) is 4.75. The molecule has 1 aromatic carbocycles. The highest BCUT2D eigenvalue weighted by atomic mass is 35.5. The van der Waals surface area contributed by atoms with Crippen molar-refractivity contribution in [2.75, 3.05) is 5.73 Å². The normalized spacial score (nSPS) is 10.9. The van der Waals surface area contributed by atoms with Crippen LogP contribution in [-0.2, 0) is 0 Å². The molecule has 20 heavy (non-hydrogen) atoms. The molecular weight excluding hydrogens is 299 g/mol. The molecule has 102 valence electrons. The van der Waals surface area contributed by atoms with Crippen LogP contribution in [0.5, 0.6) is 0 Å². The highest BCUT2D eigenvalue weighted by Gasteiger charge is 2.22. The van der Waals surface area contributed by atoms with E-state index in [1.165, 1.54) is 17.4 Å². The summed E-state index contributed by atoms with van der Waals surface area (Å²) in [6.07, 6.45) is 0. The van der Waals surface area contributed by atoms with Crippen molar-refractivity contribution in [2.45, 2.75) is 6.92 Å². The quantitative estimate of drug-likeness (QED) is 0.743. The molecule has 0 aliphatic rings. The first kappa shape index (κ1) is 13.1. The van der Waals surface area contributed by atoms with Crippen molar-refractivity contribution in [2.24, 2.45) is 0 Å². The highest BCUT2D eigenvalue weighted by Crippen LogP contribution is 2.41. The second-order valence-corrected chi connectivity index (χ2v) is 5.63. The van der Waals surface area contributed by atoms with Crippen LogP contribution in [-0.4, -0.2) is 5.16 Å². The van der Waals surface area contributed by atoms with Crippen LogP contribution in [0.1, 0.15) is 5.56 Å². The van der Waals surface area contributed by atoms with E-state index in [1.54, 1.807) is 12.1 Å². The lowest BCUT2D eigenvalue weighted by molar-refractivity contribution is 0.439. The summed E-state index contributed by atoms with van der Waals surface area (Å²) in [6, 6.07) is 6.72. The number of nitrogen functional groups attached to an aromatic ring is 1. The van der Waals surface area contributed by atoms with Crippen LogP contribution in [0.4, 0.5) is 10.3 Å². The van der Waals surface area contributed by atoms with Gasteiger partial charge >= 0.3 is 0 Å². The van der Waals surface area contributed by atoms with E-state index < -0.39 is 5.82 Å². The van der Waals surface area contributed by atoms with E-state index in [2.05, 4.69) is 5.16 Å². The lowest BCUT2D eigenvalue weighted by Gasteiger charge is -2.05. The van der Waals surface area contributed by atoms with Gasteiger partial charge < -0.3 is 10.3 Å². The number of aryl methyl sites for hydroxylation is 1. The first-order chi connectivity index (χ1) is 9.59. The third-order valence-corrected chi connectivity index (χ3v) is 4.33. The number of hydrogen-bond acceptors (Lipinski definition) is 4. The van der Waals surface area contributed by atoms with Crippen LogP contribution in [0.3, 0.4) is 0 Å². The summed E-state index contributed by atoms with van der Waals surface area (Å²) in [5.74, 6) is -0.450. The van der Waals surface area contributed by atoms with Crippen molar-refractivity contribution >= 4 is 28.8 Å². The minimum Gasteiger partial charge on any atom is -0.367 e. The van der Waals surface area contributed by atoms with E-state index in [0.717, 1.165) is 10.4 Å². The molecule has 0 spiro atoms. The number of rotatable bonds is 2. The smallest absolute Gasteiger partial charge is 0.230 e. The summed E-state index contributed by atoms with van der Waals surface area (Å²) >= 11 is 7.33. The Morgan fingerprint density at radius 1 is 1.35 bits per heavy atom. The van der Waals surface area contributed by atoms with Gasteiger partial charge in [-0.25, -0.2) is 4.39 Å². The summed E-state index contributed by atoms with van der Waals surface area (Å²) in [4.78, 5) is 0.903. The molecule has 6 heteroatoms. The van der Waals surface area contributed by atoms with E-state index in [0.29, 0.717) is 16.8 Å². The monoisotopic (exact) mass is 308 g/mol. The Labute approximate surface area is 123 Å². The van der Waals surface area contributed by atoms with Crippen LogP contribution < -0.4 is 5.73 Å². The number of hydrogen-bond donors (Lipinski definition) is 1. The molecule has 0 radical (unpaired) electrons. The molecule has 2 N–H and O–H groups in total. The van der Waals surface area contributed by atoms with E-state index >= 15 is 0 Å². The van der Waals surface area contributed by atoms with Crippen molar-refractivity contribution in [1.82, 2.24) is 5.16 Å². The Morgan fingerprint density at radius 2 is 2.15 bits per heavy atom. The zero-order valence-electron chi connectivity index (χ0n) is 10.5. The number of aromatic nitrogens is 1. The summed E-state index contributed by atoms with van der Waals surface area (Å²) in [7, 11) is 0. The maximum atomic E-state index is 14.2. The van der Waals surface area contributed by atoms with Crippen molar-refractivity contribution in [3.05, 3.63) is 46.0 Å². The molecule has 0 aliphatic heterocycles. The molecule has 0 saturated carbocycles. The summed E-state index contributed by atoms with van der Waals surface area (Å²) in [6.45, 7) is 1.95. The van der Waals surface area contributed by atoms with Gasteiger partial charge in [0.15, 0.2) is 0 Å². The molecule has 2 heterocycles. The number of halogens is 2. The molecule has 0 aliphatic carbocycles. The van der Waals surface area contributed by atoms with Crippen LogP contribution in [0.15, 0.2) is 34.2 Å². The van der Waals surface area contributed by atoms with Gasteiger partial charge in [0.05, 0.1) is 15.5 Å². The van der Waals surface area contributed by atoms with Crippen LogP contribution >= 0.6 is 22.9 Å². The number of nitrogens with two attached hydrogens (primary N) is 1. The average Bonchev–Trinajstić information content (AvgIpc) is 2.99. The largest absolute Gasteiger partial charge is 0.367 e. The average molecular weight is 309 g/mol. The second-order valence-electron chi connectivity index (χ2n) is 4.30. The number of nitrogens with zero attached hydrogens (tertiary/aromatic N) is 1. The SMILES string of the molecule is Cc1ccsc1-c1noc(N)c1-c1cccc(Cl)c1F. The summed E-state index contributed by atoms with van der Waals surface area (Å²) in [5.41, 5.74) is 8.12. The van der Waals surface area contributed by atoms with E-state index in [-0.39, 0.29) is 10.9 Å². The van der Waals surface area contributed by atoms with Crippen molar-refractivity contribution in [3.63, 3.8) is 0 Å². The third-order valence-electron chi connectivity index (χ3n) is 3.02. The van der Waals surface area contributed by atoms with E-state index in [9.17, 15) is 4.39 Å². The molecular formula is C14H10ClFN2OS. The highest BCUT2D eigenvalue weighted by molar-refractivity contribution is 7.13. The zero-order chi connectivity index (χ0) is 14.3. The van der Waals surface area contributed by atoms with Crippen LogP contribution in [0.2, 0.25) is 5.02 Å². The van der Waals surface area contributed by atoms with Gasteiger partial charge in [0.25, 0.3) is 0 Å². The second kappa shape index (κ2) is 4.92. The Balaban J connectivity index is 2.27. The minimum atomic E-state index is -0.528. The summed E-state index contributed by atoms with van der Waals surface area (Å²) < 4.78 is 19.3. The van der Waals surface area contributed by atoms with Crippen LogP contribution in [0.25, 0.3) is 21.7 Å². The molecule has 3 nitrogen and oxygen atoms in total. The number of benzene rings is 1. The van der Waals surface area contributed by atoms with E-state index in [1.807, 2.05) is 18.4 Å². The predicted molar refractivity (Wildman–Crippen MR) is 79.4 cm³/mol. The maximum absolute atomic E-state index is 14.2. The molecule has 0 fully saturated rings. The zero-order valence-corrected chi connectivity index (χ0v) is 12.1. The Hall–Kier alpha value is -1.85. The fourth-order valence-corrected chi connectivity index (χ4v) is 3.12. The molecule has 0 unspecified atom stereocenters. The maximum Gasteiger partial charge on any atom is 0.230 e. The fraction of sp³-hybridized carbons (Fsp3) is 0.0714. The van der Waals surface area contributed by atoms with Gasteiger partial charge in [-0.3, -0.25) is 0 Å². The Kier molecular flexibility index (Phi) is 3.23. The minimum absolute atomic E-state index is 0.0388. The molecule has 0 amide bonds. The third kappa shape index (κ3) is 1.99. The number of thiophene rings is 1. The topological polar surface area (TPSA) is 52.0 Å². The first-order valence-corrected chi connectivity index (χ1v) is 7.09. The fourth-order valence-electron chi connectivity index (χ4n) is 2.03. The standard InChI is InChI=1S/C14H10ClFN2OS/c1-7-5-6-20-13(7)12-10(14(17)19-18-12)8-3-2-4-9(15)11(8)16/h2-6H,17H2,1H3. The van der Waals surface area contributed by atoms with Gasteiger partial charge in [-0.15, -0.1) is 11.3 Å². The molecule has 2 aromatic heterocycles. The van der Waals surface area contributed by atoms with Gasteiger partial charge in [0.2, 0.25) is 5.88 Å².